The Morgan fingerprint density at radius 3 is 2.48 bits per heavy atom. The molecule has 0 aliphatic carbocycles. The molecule has 4 heterocycles. The van der Waals surface area contributed by atoms with Crippen LogP contribution in [0.4, 0.5) is 0 Å². The fraction of sp³-hybridized carbons (Fsp3) is 0.353. The largest absolute Gasteiger partial charge is 0.335 e. The predicted octanol–water partition coefficient (Wildman–Crippen LogP) is 2.38. The van der Waals surface area contributed by atoms with Gasteiger partial charge in [0, 0.05) is 42.8 Å². The molecule has 0 aromatic carbocycles. The molecule has 0 bridgehead atoms. The number of piperazine rings is 1. The topological polar surface area (TPSA) is 103 Å². The standard InChI is InChI=1S/C17H18N4O4S4/c1-10-13(27-14(18-10)12-3-8-26-9-12)15(22)20-4-6-21(7-5-20)29(24,25)16-11(2)19-17(23)28-16/h3,8-9H,4-7H2,1-2H3,(H,19,23). The second-order valence-electron chi connectivity index (χ2n) is 6.57. The Morgan fingerprint density at radius 1 is 1.17 bits per heavy atom. The monoisotopic (exact) mass is 470 g/mol. The summed E-state index contributed by atoms with van der Waals surface area (Å²) in [6.45, 7) is 4.35. The number of thiazole rings is 2. The third kappa shape index (κ3) is 3.82. The molecule has 0 saturated carbocycles. The molecule has 1 aliphatic heterocycles. The van der Waals surface area contributed by atoms with Crippen molar-refractivity contribution < 1.29 is 13.2 Å². The van der Waals surface area contributed by atoms with Crippen molar-refractivity contribution in [2.75, 3.05) is 26.2 Å². The van der Waals surface area contributed by atoms with Crippen LogP contribution in [0, 0.1) is 13.8 Å². The molecular formula is C17H18N4O4S4. The molecule has 1 fully saturated rings. The number of aryl methyl sites for hydroxylation is 2. The molecule has 3 aromatic heterocycles. The number of thiophene rings is 1. The van der Waals surface area contributed by atoms with Crippen molar-refractivity contribution in [3.63, 3.8) is 0 Å². The maximum absolute atomic E-state index is 13.0. The SMILES string of the molecule is Cc1nc(-c2ccsc2)sc1C(=O)N1CCN(S(=O)(=O)c2sc(=O)[nH]c2C)CC1. The summed E-state index contributed by atoms with van der Waals surface area (Å²) in [7, 11) is -3.75. The molecule has 3 aromatic rings. The second-order valence-corrected chi connectivity index (χ2v) is 11.5. The van der Waals surface area contributed by atoms with E-state index in [0.717, 1.165) is 10.6 Å². The first-order chi connectivity index (χ1) is 13.8. The van der Waals surface area contributed by atoms with Crippen molar-refractivity contribution in [2.24, 2.45) is 0 Å². The van der Waals surface area contributed by atoms with Crippen molar-refractivity contribution in [3.8, 4) is 10.6 Å². The molecule has 0 spiro atoms. The molecule has 1 N–H and O–H groups in total. The van der Waals surface area contributed by atoms with Gasteiger partial charge in [-0.05, 0) is 25.3 Å². The van der Waals surface area contributed by atoms with E-state index in [0.29, 0.717) is 40.7 Å². The molecule has 4 rings (SSSR count). The molecule has 1 saturated heterocycles. The lowest BCUT2D eigenvalue weighted by Gasteiger charge is -2.33. The van der Waals surface area contributed by atoms with E-state index in [4.69, 9.17) is 0 Å². The van der Waals surface area contributed by atoms with E-state index in [2.05, 4.69) is 9.97 Å². The molecule has 1 aliphatic rings. The van der Waals surface area contributed by atoms with E-state index < -0.39 is 14.9 Å². The molecule has 1 amide bonds. The molecule has 8 nitrogen and oxygen atoms in total. The number of amides is 1. The van der Waals surface area contributed by atoms with Crippen LogP contribution in [0.5, 0.6) is 0 Å². The van der Waals surface area contributed by atoms with Gasteiger partial charge in [-0.1, -0.05) is 11.3 Å². The normalized spacial score (nSPS) is 15.7. The van der Waals surface area contributed by atoms with Gasteiger partial charge >= 0.3 is 4.87 Å². The number of nitrogens with one attached hydrogen (secondary N) is 1. The second kappa shape index (κ2) is 7.76. The molecule has 0 unspecified atom stereocenters. The van der Waals surface area contributed by atoms with Crippen LogP contribution in [0.3, 0.4) is 0 Å². The zero-order chi connectivity index (χ0) is 20.8. The van der Waals surface area contributed by atoms with Gasteiger partial charge in [0.25, 0.3) is 15.9 Å². The summed E-state index contributed by atoms with van der Waals surface area (Å²) < 4.78 is 27.0. The van der Waals surface area contributed by atoms with Crippen LogP contribution in [0.15, 0.2) is 25.8 Å². The fourth-order valence-corrected chi connectivity index (χ4v) is 7.74. The minimum atomic E-state index is -3.75. The van der Waals surface area contributed by atoms with Crippen molar-refractivity contribution in [1.29, 1.82) is 0 Å². The molecular weight excluding hydrogens is 452 g/mol. The first-order valence-electron chi connectivity index (χ1n) is 8.76. The van der Waals surface area contributed by atoms with E-state index in [1.807, 2.05) is 23.8 Å². The Balaban J connectivity index is 1.48. The smallest absolute Gasteiger partial charge is 0.305 e. The number of H-pyrrole nitrogens is 1. The Hall–Kier alpha value is -1.86. The number of sulfonamides is 1. The quantitative estimate of drug-likeness (QED) is 0.631. The van der Waals surface area contributed by atoms with Crippen molar-refractivity contribution in [2.45, 2.75) is 18.1 Å². The van der Waals surface area contributed by atoms with Crippen LogP contribution in [0.25, 0.3) is 10.6 Å². The first-order valence-corrected chi connectivity index (χ1v) is 12.8. The van der Waals surface area contributed by atoms with Crippen LogP contribution in [0.2, 0.25) is 0 Å². The number of carbonyl (C=O) groups is 1. The summed E-state index contributed by atoms with van der Waals surface area (Å²) in [6.07, 6.45) is 0. The highest BCUT2D eigenvalue weighted by Gasteiger charge is 2.33. The van der Waals surface area contributed by atoms with Crippen molar-refractivity contribution in [1.82, 2.24) is 19.2 Å². The lowest BCUT2D eigenvalue weighted by atomic mass is 10.3. The molecule has 29 heavy (non-hydrogen) atoms. The molecule has 0 atom stereocenters. The maximum Gasteiger partial charge on any atom is 0.305 e. The molecule has 0 radical (unpaired) electrons. The van der Waals surface area contributed by atoms with Gasteiger partial charge in [0.2, 0.25) is 0 Å². The van der Waals surface area contributed by atoms with Crippen LogP contribution >= 0.6 is 34.0 Å². The number of hydrogen-bond acceptors (Lipinski definition) is 8. The lowest BCUT2D eigenvalue weighted by molar-refractivity contribution is 0.0702. The van der Waals surface area contributed by atoms with Crippen LogP contribution in [0.1, 0.15) is 21.1 Å². The van der Waals surface area contributed by atoms with Gasteiger partial charge < -0.3 is 9.88 Å². The van der Waals surface area contributed by atoms with Crippen LogP contribution in [-0.4, -0.2) is 59.7 Å². The molecule has 12 heteroatoms. The van der Waals surface area contributed by atoms with Gasteiger partial charge in [-0.25, -0.2) is 13.4 Å². The first kappa shape index (κ1) is 20.4. The zero-order valence-corrected chi connectivity index (χ0v) is 18.9. The summed E-state index contributed by atoms with van der Waals surface area (Å²) >= 11 is 3.63. The van der Waals surface area contributed by atoms with Crippen LogP contribution in [-0.2, 0) is 10.0 Å². The lowest BCUT2D eigenvalue weighted by Crippen LogP contribution is -2.50. The minimum absolute atomic E-state index is 0.0426. The van der Waals surface area contributed by atoms with Gasteiger partial charge in [0.1, 0.15) is 9.88 Å². The Kier molecular flexibility index (Phi) is 5.46. The van der Waals surface area contributed by atoms with Gasteiger partial charge in [0.05, 0.1) is 5.69 Å². The van der Waals surface area contributed by atoms with E-state index in [1.54, 1.807) is 23.2 Å². The van der Waals surface area contributed by atoms with Crippen molar-refractivity contribution in [3.05, 3.63) is 42.8 Å². The highest BCUT2D eigenvalue weighted by molar-refractivity contribution is 7.91. The number of carbonyl (C=O) groups excluding carboxylic acids is 1. The average Bonchev–Trinajstić information content (AvgIpc) is 3.41. The van der Waals surface area contributed by atoms with E-state index in [-0.39, 0.29) is 23.2 Å². The van der Waals surface area contributed by atoms with E-state index in [9.17, 15) is 18.0 Å². The van der Waals surface area contributed by atoms with Gasteiger partial charge in [0.15, 0.2) is 4.21 Å². The third-order valence-corrected chi connectivity index (χ3v) is 10.00. The molecule has 154 valence electrons. The summed E-state index contributed by atoms with van der Waals surface area (Å²) in [5, 5.41) is 4.77. The number of hydrogen-bond donors (Lipinski definition) is 1. The Morgan fingerprint density at radius 2 is 1.90 bits per heavy atom. The zero-order valence-electron chi connectivity index (χ0n) is 15.7. The maximum atomic E-state index is 13.0. The van der Waals surface area contributed by atoms with Gasteiger partial charge in [-0.15, -0.1) is 11.3 Å². The Labute approximate surface area is 179 Å². The summed E-state index contributed by atoms with van der Waals surface area (Å²) in [5.41, 5.74) is 2.03. The van der Waals surface area contributed by atoms with Crippen molar-refractivity contribution >= 4 is 49.9 Å². The van der Waals surface area contributed by atoms with Gasteiger partial charge in [-0.3, -0.25) is 9.59 Å². The third-order valence-electron chi connectivity index (χ3n) is 4.64. The highest BCUT2D eigenvalue weighted by Crippen LogP contribution is 2.30. The van der Waals surface area contributed by atoms with Crippen LogP contribution < -0.4 is 4.87 Å². The van der Waals surface area contributed by atoms with E-state index >= 15 is 0 Å². The number of aromatic nitrogens is 2. The average molecular weight is 471 g/mol. The summed E-state index contributed by atoms with van der Waals surface area (Å²) in [4.78, 5) is 33.3. The number of aromatic amines is 1. The number of rotatable bonds is 4. The summed E-state index contributed by atoms with van der Waals surface area (Å²) in [6, 6.07) is 1.97. The van der Waals surface area contributed by atoms with Gasteiger partial charge in [-0.2, -0.15) is 15.6 Å². The number of nitrogens with zero attached hydrogens (tertiary/aromatic N) is 3. The fourth-order valence-electron chi connectivity index (χ4n) is 3.13. The van der Waals surface area contributed by atoms with E-state index in [1.165, 1.54) is 15.6 Å². The Bertz CT molecular complexity index is 1200. The summed E-state index contributed by atoms with van der Waals surface area (Å²) in [5.74, 6) is -0.124. The minimum Gasteiger partial charge on any atom is -0.335 e. The highest BCUT2D eigenvalue weighted by atomic mass is 32.2. The predicted molar refractivity (Wildman–Crippen MR) is 115 cm³/mol.